The van der Waals surface area contributed by atoms with Crippen LogP contribution in [0.3, 0.4) is 0 Å². The summed E-state index contributed by atoms with van der Waals surface area (Å²) in [5.74, 6) is 0. The molecule has 1 aliphatic rings. The van der Waals surface area contributed by atoms with Gasteiger partial charge in [0, 0.05) is 13.2 Å². The first kappa shape index (κ1) is 19.3. The van der Waals surface area contributed by atoms with Crippen molar-refractivity contribution in [2.24, 2.45) is 0 Å². The summed E-state index contributed by atoms with van der Waals surface area (Å²) in [6, 6.07) is 21.7. The second-order valence-electron chi connectivity index (χ2n) is 8.09. The molecule has 1 aliphatic heterocycles. The van der Waals surface area contributed by atoms with Gasteiger partial charge in [0.1, 0.15) is 0 Å². The maximum absolute atomic E-state index is 6.88. The minimum atomic E-state index is -2.39. The Hall–Kier alpha value is -1.42. The second kappa shape index (κ2) is 8.51. The summed E-state index contributed by atoms with van der Waals surface area (Å²) >= 11 is 0. The summed E-state index contributed by atoms with van der Waals surface area (Å²) in [6.45, 7) is 8.61. The number of hydrogen-bond acceptors (Lipinski definition) is 2. The third-order valence-corrected chi connectivity index (χ3v) is 10.3. The molecule has 1 saturated heterocycles. The first-order valence-electron chi connectivity index (χ1n) is 9.74. The summed E-state index contributed by atoms with van der Waals surface area (Å²) in [5.41, 5.74) is 0. The van der Waals surface area contributed by atoms with Gasteiger partial charge in [0.05, 0.1) is 6.10 Å². The summed E-state index contributed by atoms with van der Waals surface area (Å²) < 4.78 is 12.6. The molecule has 3 rings (SSSR count). The highest BCUT2D eigenvalue weighted by Gasteiger charge is 2.49. The van der Waals surface area contributed by atoms with Crippen LogP contribution in [0.25, 0.3) is 0 Å². The molecule has 0 N–H and O–H groups in total. The van der Waals surface area contributed by atoms with E-state index in [9.17, 15) is 0 Å². The van der Waals surface area contributed by atoms with Crippen LogP contribution < -0.4 is 10.4 Å². The van der Waals surface area contributed by atoms with E-state index in [-0.39, 0.29) is 5.04 Å². The molecule has 26 heavy (non-hydrogen) atoms. The van der Waals surface area contributed by atoms with Gasteiger partial charge < -0.3 is 9.16 Å². The summed E-state index contributed by atoms with van der Waals surface area (Å²) in [4.78, 5) is 0. The van der Waals surface area contributed by atoms with Crippen molar-refractivity contribution in [3.8, 4) is 0 Å². The Morgan fingerprint density at radius 3 is 2.04 bits per heavy atom. The third kappa shape index (κ3) is 4.11. The van der Waals surface area contributed by atoms with Crippen molar-refractivity contribution in [3.63, 3.8) is 0 Å². The predicted molar refractivity (Wildman–Crippen MR) is 111 cm³/mol. The van der Waals surface area contributed by atoms with E-state index in [0.29, 0.717) is 6.10 Å². The van der Waals surface area contributed by atoms with Gasteiger partial charge in [-0.15, -0.1) is 0 Å². The molecule has 1 fully saturated rings. The van der Waals surface area contributed by atoms with Crippen LogP contribution in [0.1, 0.15) is 40.0 Å². The molecule has 0 bridgehead atoms. The lowest BCUT2D eigenvalue weighted by Gasteiger charge is -2.43. The zero-order chi connectivity index (χ0) is 18.5. The minimum Gasteiger partial charge on any atom is -0.407 e. The smallest absolute Gasteiger partial charge is 0.261 e. The Balaban J connectivity index is 1.87. The molecular weight excluding hydrogens is 336 g/mol. The van der Waals surface area contributed by atoms with Crippen LogP contribution in [0.4, 0.5) is 0 Å². The molecule has 2 aromatic rings. The van der Waals surface area contributed by atoms with E-state index in [1.165, 1.54) is 16.8 Å². The number of benzene rings is 2. The fourth-order valence-electron chi connectivity index (χ4n) is 4.02. The summed E-state index contributed by atoms with van der Waals surface area (Å²) in [5, 5.41) is 2.73. The van der Waals surface area contributed by atoms with Crippen molar-refractivity contribution in [2.45, 2.75) is 51.2 Å². The molecule has 2 nitrogen and oxygen atoms in total. The van der Waals surface area contributed by atoms with Gasteiger partial charge in [-0.05, 0) is 41.1 Å². The fraction of sp³-hybridized carbons (Fsp3) is 0.435. The Morgan fingerprint density at radius 1 is 1.00 bits per heavy atom. The van der Waals surface area contributed by atoms with Crippen LogP contribution in [0.5, 0.6) is 0 Å². The van der Waals surface area contributed by atoms with Crippen molar-refractivity contribution >= 4 is 18.7 Å². The number of rotatable bonds is 7. The van der Waals surface area contributed by atoms with Gasteiger partial charge in [-0.1, -0.05) is 81.4 Å². The van der Waals surface area contributed by atoms with Crippen LogP contribution in [0.15, 0.2) is 60.7 Å². The highest BCUT2D eigenvalue weighted by molar-refractivity contribution is 6.99. The van der Waals surface area contributed by atoms with Gasteiger partial charge >= 0.3 is 0 Å². The molecule has 1 atom stereocenters. The molecule has 0 aliphatic carbocycles. The average Bonchev–Trinajstić information content (AvgIpc) is 3.16. The van der Waals surface area contributed by atoms with Crippen molar-refractivity contribution in [1.82, 2.24) is 0 Å². The van der Waals surface area contributed by atoms with Crippen molar-refractivity contribution in [3.05, 3.63) is 67.1 Å². The van der Waals surface area contributed by atoms with E-state index in [1.807, 2.05) is 0 Å². The van der Waals surface area contributed by atoms with Crippen molar-refractivity contribution < 1.29 is 9.16 Å². The van der Waals surface area contributed by atoms with Gasteiger partial charge in [0.2, 0.25) is 0 Å². The Bertz CT molecular complexity index is 618. The molecule has 3 heteroatoms. The highest BCUT2D eigenvalue weighted by atomic mass is 28.4. The standard InChI is InChI=1S/C23H31O2Si/c1-23(2,3)26(21-14-6-4-7-15-21,22-16-8-5-9-17-22)25-19-11-13-20-12-10-18-24-20/h4-9,13-17,20H,10-12,18-19H2,1-3H3/t20-/m0/s1. The van der Waals surface area contributed by atoms with Gasteiger partial charge in [-0.25, -0.2) is 0 Å². The van der Waals surface area contributed by atoms with Gasteiger partial charge in [0.15, 0.2) is 0 Å². The van der Waals surface area contributed by atoms with Crippen molar-refractivity contribution in [1.29, 1.82) is 0 Å². The largest absolute Gasteiger partial charge is 0.407 e. The van der Waals surface area contributed by atoms with Crippen molar-refractivity contribution in [2.75, 3.05) is 13.2 Å². The highest BCUT2D eigenvalue weighted by Crippen LogP contribution is 2.36. The molecule has 0 unspecified atom stereocenters. The summed E-state index contributed by atoms with van der Waals surface area (Å²) in [6.07, 6.45) is 5.88. The van der Waals surface area contributed by atoms with Crippen LogP contribution >= 0.6 is 0 Å². The van der Waals surface area contributed by atoms with E-state index < -0.39 is 8.32 Å². The maximum atomic E-state index is 6.88. The maximum Gasteiger partial charge on any atom is 0.261 e. The lowest BCUT2D eigenvalue weighted by molar-refractivity contribution is 0.128. The van der Waals surface area contributed by atoms with Crippen LogP contribution in [-0.2, 0) is 9.16 Å². The molecule has 0 saturated carbocycles. The molecule has 0 aromatic heterocycles. The first-order valence-corrected chi connectivity index (χ1v) is 11.6. The molecule has 1 radical (unpaired) electrons. The molecule has 0 amide bonds. The quantitative estimate of drug-likeness (QED) is 0.535. The number of ether oxygens (including phenoxy) is 1. The first-order chi connectivity index (χ1) is 12.5. The van der Waals surface area contributed by atoms with Gasteiger partial charge in [-0.3, -0.25) is 0 Å². The zero-order valence-corrected chi connectivity index (χ0v) is 17.3. The zero-order valence-electron chi connectivity index (χ0n) is 16.3. The Labute approximate surface area is 159 Å². The summed E-state index contributed by atoms with van der Waals surface area (Å²) in [7, 11) is -2.39. The SMILES string of the molecule is CC(C)(C)[Si](OCC[CH][C@@H]1CCCO1)(c1ccccc1)c1ccccc1. The fourth-order valence-corrected chi connectivity index (χ4v) is 8.60. The van der Waals surface area contributed by atoms with E-state index in [0.717, 1.165) is 26.1 Å². The lowest BCUT2D eigenvalue weighted by atomic mass is 10.1. The van der Waals surface area contributed by atoms with Crippen LogP contribution in [0, 0.1) is 6.42 Å². The predicted octanol–water partition coefficient (Wildman–Crippen LogP) is 4.34. The molecule has 2 aromatic carbocycles. The Kier molecular flexibility index (Phi) is 6.33. The molecule has 139 valence electrons. The number of hydrogen-bond donors (Lipinski definition) is 0. The van der Waals surface area contributed by atoms with E-state index in [2.05, 4.69) is 87.9 Å². The van der Waals surface area contributed by atoms with E-state index in [4.69, 9.17) is 9.16 Å². The van der Waals surface area contributed by atoms with E-state index in [1.54, 1.807) is 0 Å². The molecular formula is C23H31O2Si. The second-order valence-corrected chi connectivity index (χ2v) is 12.4. The molecule has 1 heterocycles. The average molecular weight is 368 g/mol. The van der Waals surface area contributed by atoms with E-state index >= 15 is 0 Å². The normalized spacial score (nSPS) is 18.2. The van der Waals surface area contributed by atoms with Crippen LogP contribution in [-0.4, -0.2) is 27.6 Å². The van der Waals surface area contributed by atoms with Gasteiger partial charge in [-0.2, -0.15) is 0 Å². The molecule has 0 spiro atoms. The minimum absolute atomic E-state index is 0.0412. The lowest BCUT2D eigenvalue weighted by Crippen LogP contribution is -2.66. The van der Waals surface area contributed by atoms with Gasteiger partial charge in [0.25, 0.3) is 8.32 Å². The monoisotopic (exact) mass is 367 g/mol. The topological polar surface area (TPSA) is 18.5 Å². The Morgan fingerprint density at radius 2 is 1.58 bits per heavy atom. The van der Waals surface area contributed by atoms with Crippen LogP contribution in [0.2, 0.25) is 5.04 Å². The third-order valence-electron chi connectivity index (χ3n) is 5.25.